The van der Waals surface area contributed by atoms with Crippen molar-refractivity contribution in [1.29, 1.82) is 0 Å². The predicted molar refractivity (Wildman–Crippen MR) is 60.8 cm³/mol. The van der Waals surface area contributed by atoms with Crippen molar-refractivity contribution in [2.75, 3.05) is 5.32 Å². The lowest BCUT2D eigenvalue weighted by molar-refractivity contribution is 0.440. The van der Waals surface area contributed by atoms with Crippen LogP contribution in [0.1, 0.15) is 32.6 Å². The zero-order valence-corrected chi connectivity index (χ0v) is 9.32. The summed E-state index contributed by atoms with van der Waals surface area (Å²) in [6.45, 7) is 3.08. The Morgan fingerprint density at radius 3 is 3.00 bits per heavy atom. The molecular formula is C12H19N3. The predicted octanol–water partition coefficient (Wildman–Crippen LogP) is 2.50. The molecule has 2 aliphatic carbocycles. The molecule has 82 valence electrons. The standard InChI is InChI=1S/C12H19N3/c1-2-15-8-11(7-13-15)14-12-6-9-3-4-10(12)5-9/h7-10,12,14H,2-6H2,1H3/t9-,10+,12-/m0/s1. The van der Waals surface area contributed by atoms with Gasteiger partial charge in [0, 0.05) is 18.8 Å². The molecule has 3 nitrogen and oxygen atoms in total. The van der Waals surface area contributed by atoms with Crippen LogP contribution in [0.3, 0.4) is 0 Å². The van der Waals surface area contributed by atoms with E-state index in [-0.39, 0.29) is 0 Å². The second kappa shape index (κ2) is 3.54. The first-order chi connectivity index (χ1) is 7.35. The molecule has 2 saturated carbocycles. The summed E-state index contributed by atoms with van der Waals surface area (Å²) in [6, 6.07) is 0.721. The number of fused-ring (bicyclic) bond motifs is 2. The molecule has 1 aromatic heterocycles. The highest BCUT2D eigenvalue weighted by molar-refractivity contribution is 5.40. The van der Waals surface area contributed by atoms with E-state index in [0.29, 0.717) is 0 Å². The second-order valence-corrected chi connectivity index (χ2v) is 5.01. The fourth-order valence-corrected chi connectivity index (χ4v) is 3.25. The normalized spacial score (nSPS) is 33.5. The maximum absolute atomic E-state index is 4.29. The summed E-state index contributed by atoms with van der Waals surface area (Å²) >= 11 is 0. The molecule has 1 aromatic rings. The molecular weight excluding hydrogens is 186 g/mol. The molecule has 3 rings (SSSR count). The molecule has 0 radical (unpaired) electrons. The van der Waals surface area contributed by atoms with Crippen molar-refractivity contribution in [1.82, 2.24) is 9.78 Å². The average molecular weight is 205 g/mol. The first-order valence-electron chi connectivity index (χ1n) is 6.14. The molecule has 0 spiro atoms. The molecule has 0 amide bonds. The fourth-order valence-electron chi connectivity index (χ4n) is 3.25. The van der Waals surface area contributed by atoms with Gasteiger partial charge >= 0.3 is 0 Å². The van der Waals surface area contributed by atoms with E-state index in [1.807, 2.05) is 10.9 Å². The lowest BCUT2D eigenvalue weighted by atomic mass is 9.95. The maximum Gasteiger partial charge on any atom is 0.0728 e. The number of nitrogens with one attached hydrogen (secondary N) is 1. The van der Waals surface area contributed by atoms with Gasteiger partial charge in [-0.15, -0.1) is 0 Å². The van der Waals surface area contributed by atoms with Crippen LogP contribution in [0.2, 0.25) is 0 Å². The maximum atomic E-state index is 4.29. The van der Waals surface area contributed by atoms with Crippen molar-refractivity contribution >= 4 is 5.69 Å². The number of hydrogen-bond acceptors (Lipinski definition) is 2. The Kier molecular flexibility index (Phi) is 2.19. The molecule has 3 atom stereocenters. The van der Waals surface area contributed by atoms with Crippen molar-refractivity contribution in [3.8, 4) is 0 Å². The van der Waals surface area contributed by atoms with Crippen LogP contribution >= 0.6 is 0 Å². The van der Waals surface area contributed by atoms with Crippen molar-refractivity contribution in [3.05, 3.63) is 12.4 Å². The lowest BCUT2D eigenvalue weighted by Gasteiger charge is -2.22. The summed E-state index contributed by atoms with van der Waals surface area (Å²) < 4.78 is 1.98. The van der Waals surface area contributed by atoms with Gasteiger partial charge in [0.05, 0.1) is 11.9 Å². The molecule has 2 bridgehead atoms. The molecule has 0 saturated heterocycles. The number of anilines is 1. The summed E-state index contributed by atoms with van der Waals surface area (Å²) in [4.78, 5) is 0. The van der Waals surface area contributed by atoms with Crippen molar-refractivity contribution < 1.29 is 0 Å². The first-order valence-corrected chi connectivity index (χ1v) is 6.14. The quantitative estimate of drug-likeness (QED) is 0.821. The van der Waals surface area contributed by atoms with Crippen LogP contribution < -0.4 is 5.32 Å². The van der Waals surface area contributed by atoms with Crippen molar-refractivity contribution in [2.45, 2.75) is 45.2 Å². The van der Waals surface area contributed by atoms with Gasteiger partial charge in [0.15, 0.2) is 0 Å². The Balaban J connectivity index is 1.65. The zero-order chi connectivity index (χ0) is 10.3. The third-order valence-electron chi connectivity index (χ3n) is 4.05. The van der Waals surface area contributed by atoms with E-state index in [2.05, 4.69) is 23.5 Å². The van der Waals surface area contributed by atoms with Crippen LogP contribution in [-0.2, 0) is 6.54 Å². The monoisotopic (exact) mass is 205 g/mol. The highest BCUT2D eigenvalue weighted by Crippen LogP contribution is 2.45. The molecule has 0 aromatic carbocycles. The Morgan fingerprint density at radius 1 is 1.47 bits per heavy atom. The summed E-state index contributed by atoms with van der Waals surface area (Å²) in [6.07, 6.45) is 9.81. The SMILES string of the molecule is CCn1cc(N[C@H]2C[C@H]3CC[C@@H]2C3)cn1. The largest absolute Gasteiger partial charge is 0.379 e. The summed E-state index contributed by atoms with van der Waals surface area (Å²) in [7, 11) is 0. The highest BCUT2D eigenvalue weighted by Gasteiger charge is 2.39. The van der Waals surface area contributed by atoms with E-state index >= 15 is 0 Å². The smallest absolute Gasteiger partial charge is 0.0728 e. The Morgan fingerprint density at radius 2 is 2.40 bits per heavy atom. The van der Waals surface area contributed by atoms with Crippen molar-refractivity contribution in [3.63, 3.8) is 0 Å². The molecule has 15 heavy (non-hydrogen) atoms. The Hall–Kier alpha value is -0.990. The van der Waals surface area contributed by atoms with Gasteiger partial charge in [0.25, 0.3) is 0 Å². The first kappa shape index (κ1) is 9.25. The van der Waals surface area contributed by atoms with E-state index in [1.54, 1.807) is 0 Å². The average Bonchev–Trinajstić information content (AvgIpc) is 2.92. The minimum atomic E-state index is 0.721. The number of aryl methyl sites for hydroxylation is 1. The molecule has 2 aliphatic rings. The molecule has 3 heteroatoms. The molecule has 0 unspecified atom stereocenters. The van der Waals surface area contributed by atoms with Gasteiger partial charge < -0.3 is 5.32 Å². The van der Waals surface area contributed by atoms with Crippen LogP contribution in [-0.4, -0.2) is 15.8 Å². The van der Waals surface area contributed by atoms with E-state index in [0.717, 1.165) is 24.4 Å². The van der Waals surface area contributed by atoms with E-state index < -0.39 is 0 Å². The molecule has 0 aliphatic heterocycles. The van der Waals surface area contributed by atoms with Gasteiger partial charge in [-0.1, -0.05) is 6.42 Å². The summed E-state index contributed by atoms with van der Waals surface area (Å²) in [5, 5.41) is 7.94. The summed E-state index contributed by atoms with van der Waals surface area (Å²) in [5.41, 5.74) is 1.20. The topological polar surface area (TPSA) is 29.9 Å². The van der Waals surface area contributed by atoms with E-state index in [4.69, 9.17) is 0 Å². The van der Waals surface area contributed by atoms with Crippen LogP contribution in [0, 0.1) is 11.8 Å². The highest BCUT2D eigenvalue weighted by atomic mass is 15.3. The van der Waals surface area contributed by atoms with Gasteiger partial charge in [-0.05, 0) is 38.0 Å². The summed E-state index contributed by atoms with van der Waals surface area (Å²) in [5.74, 6) is 1.94. The van der Waals surface area contributed by atoms with Crippen LogP contribution in [0.5, 0.6) is 0 Å². The third-order valence-corrected chi connectivity index (χ3v) is 4.05. The number of nitrogens with zero attached hydrogens (tertiary/aromatic N) is 2. The molecule has 1 heterocycles. The number of aromatic nitrogens is 2. The van der Waals surface area contributed by atoms with Gasteiger partial charge in [-0.3, -0.25) is 4.68 Å². The van der Waals surface area contributed by atoms with Gasteiger partial charge in [0.1, 0.15) is 0 Å². The fraction of sp³-hybridized carbons (Fsp3) is 0.750. The van der Waals surface area contributed by atoms with Crippen LogP contribution in [0.15, 0.2) is 12.4 Å². The van der Waals surface area contributed by atoms with Gasteiger partial charge in [-0.2, -0.15) is 5.10 Å². The van der Waals surface area contributed by atoms with Crippen LogP contribution in [0.25, 0.3) is 0 Å². The van der Waals surface area contributed by atoms with Crippen LogP contribution in [0.4, 0.5) is 5.69 Å². The lowest BCUT2D eigenvalue weighted by Crippen LogP contribution is -2.25. The second-order valence-electron chi connectivity index (χ2n) is 5.01. The van der Waals surface area contributed by atoms with E-state index in [9.17, 15) is 0 Å². The Labute approximate surface area is 90.9 Å². The van der Waals surface area contributed by atoms with Gasteiger partial charge in [-0.25, -0.2) is 0 Å². The molecule has 2 fully saturated rings. The minimum absolute atomic E-state index is 0.721. The van der Waals surface area contributed by atoms with Crippen molar-refractivity contribution in [2.24, 2.45) is 11.8 Å². The minimum Gasteiger partial charge on any atom is -0.379 e. The number of hydrogen-bond donors (Lipinski definition) is 1. The number of rotatable bonds is 3. The molecule has 1 N–H and O–H groups in total. The third kappa shape index (κ3) is 1.64. The zero-order valence-electron chi connectivity index (χ0n) is 9.32. The Bertz CT molecular complexity index is 344. The van der Waals surface area contributed by atoms with Gasteiger partial charge in [0.2, 0.25) is 0 Å². The van der Waals surface area contributed by atoms with E-state index in [1.165, 1.54) is 31.4 Å².